The third kappa shape index (κ3) is 4.32. The molecule has 0 unspecified atom stereocenters. The number of hydrogen-bond acceptors (Lipinski definition) is 5. The van der Waals surface area contributed by atoms with E-state index in [1.54, 1.807) is 12.1 Å². The van der Waals surface area contributed by atoms with Crippen LogP contribution in [-0.2, 0) is 16.1 Å². The Morgan fingerprint density at radius 2 is 1.79 bits per heavy atom. The fourth-order valence-electron chi connectivity index (χ4n) is 4.61. The monoisotopic (exact) mass is 489 g/mol. The SMILES string of the molecule is C[C@@H]1CC[C@@H]2C(=O)N(N(Cc3ccc(Cl)c(Cl)c3)C(=O)c3ccccc3[N+](=O)[O-])C(=O)[C@@H]2C1. The summed E-state index contributed by atoms with van der Waals surface area (Å²) in [6.07, 6.45) is 1.94. The van der Waals surface area contributed by atoms with E-state index in [1.165, 1.54) is 30.3 Å². The number of nitro groups is 1. The van der Waals surface area contributed by atoms with Gasteiger partial charge in [-0.15, -0.1) is 0 Å². The number of hydrazine groups is 1. The van der Waals surface area contributed by atoms with E-state index in [1.807, 2.05) is 6.92 Å². The molecule has 0 N–H and O–H groups in total. The molecule has 0 bridgehead atoms. The Balaban J connectivity index is 1.77. The Morgan fingerprint density at radius 1 is 1.09 bits per heavy atom. The van der Waals surface area contributed by atoms with Crippen LogP contribution in [-0.4, -0.2) is 32.7 Å². The molecular weight excluding hydrogens is 469 g/mol. The van der Waals surface area contributed by atoms with E-state index in [4.69, 9.17) is 23.2 Å². The van der Waals surface area contributed by atoms with Gasteiger partial charge in [0, 0.05) is 6.07 Å². The first-order valence-corrected chi connectivity index (χ1v) is 11.3. The second-order valence-electron chi connectivity index (χ2n) is 8.51. The molecule has 2 aromatic carbocycles. The lowest BCUT2D eigenvalue weighted by molar-refractivity contribution is -0.385. The van der Waals surface area contributed by atoms with Gasteiger partial charge in [-0.3, -0.25) is 24.5 Å². The van der Waals surface area contributed by atoms with Crippen LogP contribution in [0.25, 0.3) is 0 Å². The number of halogens is 2. The normalized spacial score (nSPS) is 22.3. The Bertz CT molecular complexity index is 1150. The van der Waals surface area contributed by atoms with Crippen LogP contribution in [0.4, 0.5) is 5.69 Å². The van der Waals surface area contributed by atoms with Gasteiger partial charge < -0.3 is 0 Å². The number of benzene rings is 2. The van der Waals surface area contributed by atoms with Crippen molar-refractivity contribution in [2.24, 2.45) is 17.8 Å². The Kier molecular flexibility index (Phi) is 6.41. The van der Waals surface area contributed by atoms with Crippen LogP contribution < -0.4 is 0 Å². The summed E-state index contributed by atoms with van der Waals surface area (Å²) in [6, 6.07) is 10.1. The van der Waals surface area contributed by atoms with Crippen molar-refractivity contribution in [3.05, 3.63) is 73.8 Å². The molecule has 2 aliphatic rings. The van der Waals surface area contributed by atoms with Gasteiger partial charge in [0.2, 0.25) is 0 Å². The number of imide groups is 1. The Labute approximate surface area is 200 Å². The zero-order valence-corrected chi connectivity index (χ0v) is 19.3. The number of nitrogens with zero attached hydrogens (tertiary/aromatic N) is 3. The summed E-state index contributed by atoms with van der Waals surface area (Å²) in [6.45, 7) is 1.84. The van der Waals surface area contributed by atoms with Crippen molar-refractivity contribution in [2.45, 2.75) is 32.7 Å². The summed E-state index contributed by atoms with van der Waals surface area (Å²) in [7, 11) is 0. The lowest BCUT2D eigenvalue weighted by Crippen LogP contribution is -2.50. The molecule has 0 spiro atoms. The number of carbonyl (C=O) groups excluding carboxylic acids is 3. The van der Waals surface area contributed by atoms with Gasteiger partial charge in [-0.1, -0.05) is 48.3 Å². The van der Waals surface area contributed by atoms with E-state index < -0.39 is 40.2 Å². The number of nitro benzene ring substituents is 1. The van der Waals surface area contributed by atoms with Gasteiger partial charge in [-0.05, 0) is 48.9 Å². The Hall–Kier alpha value is -2.97. The van der Waals surface area contributed by atoms with Gasteiger partial charge in [-0.25, -0.2) is 5.01 Å². The number of fused-ring (bicyclic) bond motifs is 1. The van der Waals surface area contributed by atoms with Gasteiger partial charge in [-0.2, -0.15) is 5.01 Å². The second-order valence-corrected chi connectivity index (χ2v) is 9.32. The minimum atomic E-state index is -0.818. The van der Waals surface area contributed by atoms with Crippen molar-refractivity contribution in [2.75, 3.05) is 0 Å². The molecule has 1 aliphatic carbocycles. The predicted molar refractivity (Wildman–Crippen MR) is 121 cm³/mol. The van der Waals surface area contributed by atoms with Crippen LogP contribution in [0.1, 0.15) is 42.1 Å². The third-order valence-corrected chi connectivity index (χ3v) is 7.03. The molecule has 3 amide bonds. The molecule has 1 saturated carbocycles. The minimum absolute atomic E-state index is 0.186. The molecule has 10 heteroatoms. The maximum atomic E-state index is 13.6. The summed E-state index contributed by atoms with van der Waals surface area (Å²) < 4.78 is 0. The zero-order valence-electron chi connectivity index (χ0n) is 17.7. The maximum absolute atomic E-state index is 13.6. The number of hydrogen-bond donors (Lipinski definition) is 0. The fourth-order valence-corrected chi connectivity index (χ4v) is 4.93. The molecule has 172 valence electrons. The highest BCUT2D eigenvalue weighted by Gasteiger charge is 2.52. The summed E-state index contributed by atoms with van der Waals surface area (Å²) in [5.41, 5.74) is -0.113. The predicted octanol–water partition coefficient (Wildman–Crippen LogP) is 4.88. The van der Waals surface area contributed by atoms with Crippen LogP contribution in [0.3, 0.4) is 0 Å². The van der Waals surface area contributed by atoms with Crippen molar-refractivity contribution in [3.63, 3.8) is 0 Å². The third-order valence-electron chi connectivity index (χ3n) is 6.29. The van der Waals surface area contributed by atoms with Gasteiger partial charge in [0.15, 0.2) is 0 Å². The van der Waals surface area contributed by atoms with E-state index in [0.29, 0.717) is 23.4 Å². The summed E-state index contributed by atoms with van der Waals surface area (Å²) in [5, 5.41) is 14.0. The molecule has 1 saturated heterocycles. The average Bonchev–Trinajstić information content (AvgIpc) is 3.03. The van der Waals surface area contributed by atoms with E-state index >= 15 is 0 Å². The fraction of sp³-hybridized carbons (Fsp3) is 0.348. The van der Waals surface area contributed by atoms with Gasteiger partial charge >= 0.3 is 0 Å². The summed E-state index contributed by atoms with van der Waals surface area (Å²) in [4.78, 5) is 51.1. The van der Waals surface area contributed by atoms with Crippen LogP contribution in [0.2, 0.25) is 10.0 Å². The van der Waals surface area contributed by atoms with Gasteiger partial charge in [0.25, 0.3) is 23.4 Å². The van der Waals surface area contributed by atoms with Crippen LogP contribution in [0.5, 0.6) is 0 Å². The van der Waals surface area contributed by atoms with E-state index in [-0.39, 0.29) is 23.0 Å². The first-order valence-electron chi connectivity index (χ1n) is 10.6. The van der Waals surface area contributed by atoms with Crippen molar-refractivity contribution in [1.82, 2.24) is 10.0 Å². The number of rotatable bonds is 5. The Morgan fingerprint density at radius 3 is 2.48 bits per heavy atom. The topological polar surface area (TPSA) is 101 Å². The molecule has 0 aromatic heterocycles. The van der Waals surface area contributed by atoms with Crippen molar-refractivity contribution >= 4 is 46.6 Å². The van der Waals surface area contributed by atoms with Gasteiger partial charge in [0.1, 0.15) is 5.56 Å². The summed E-state index contributed by atoms with van der Waals surface area (Å²) >= 11 is 12.1. The van der Waals surface area contributed by atoms with E-state index in [9.17, 15) is 24.5 Å². The average molecular weight is 490 g/mol. The van der Waals surface area contributed by atoms with Crippen molar-refractivity contribution in [1.29, 1.82) is 0 Å². The number of para-hydroxylation sites is 1. The molecule has 3 atom stereocenters. The first kappa shape index (κ1) is 23.2. The zero-order chi connectivity index (χ0) is 23.9. The van der Waals surface area contributed by atoms with Crippen molar-refractivity contribution in [3.8, 4) is 0 Å². The molecule has 2 fully saturated rings. The highest BCUT2D eigenvalue weighted by Crippen LogP contribution is 2.41. The van der Waals surface area contributed by atoms with E-state index in [2.05, 4.69) is 0 Å². The standard InChI is InChI=1S/C23H21Cl2N3O5/c1-13-6-8-15-17(10-13)23(31)27(22(15)30)26(12-14-7-9-18(24)19(25)11-14)21(29)16-4-2-3-5-20(16)28(32)33/h2-5,7,9,11,13,15,17H,6,8,10,12H2,1H3/t13-,15+,17-/m1/s1. The molecule has 1 heterocycles. The number of amides is 3. The van der Waals surface area contributed by atoms with Crippen LogP contribution in [0, 0.1) is 27.9 Å². The highest BCUT2D eigenvalue weighted by molar-refractivity contribution is 6.42. The first-order chi connectivity index (χ1) is 15.7. The quantitative estimate of drug-likeness (QED) is 0.338. The van der Waals surface area contributed by atoms with Crippen molar-refractivity contribution < 1.29 is 19.3 Å². The molecule has 1 aliphatic heterocycles. The maximum Gasteiger partial charge on any atom is 0.282 e. The molecule has 33 heavy (non-hydrogen) atoms. The molecule has 4 rings (SSSR count). The highest BCUT2D eigenvalue weighted by atomic mass is 35.5. The number of carbonyl (C=O) groups is 3. The lowest BCUT2D eigenvalue weighted by Gasteiger charge is -2.30. The summed E-state index contributed by atoms with van der Waals surface area (Å²) in [5.74, 6) is -2.44. The molecular formula is C23H21Cl2N3O5. The van der Waals surface area contributed by atoms with Crippen LogP contribution >= 0.6 is 23.2 Å². The minimum Gasteiger partial charge on any atom is -0.272 e. The second kappa shape index (κ2) is 9.11. The lowest BCUT2D eigenvalue weighted by atomic mass is 9.76. The smallest absolute Gasteiger partial charge is 0.272 e. The van der Waals surface area contributed by atoms with Gasteiger partial charge in [0.05, 0.1) is 33.3 Å². The van der Waals surface area contributed by atoms with E-state index in [0.717, 1.165) is 16.4 Å². The largest absolute Gasteiger partial charge is 0.282 e. The molecule has 0 radical (unpaired) electrons. The molecule has 2 aromatic rings. The molecule has 8 nitrogen and oxygen atoms in total. The van der Waals surface area contributed by atoms with Crippen LogP contribution in [0.15, 0.2) is 42.5 Å².